The minimum absolute atomic E-state index is 0.115. The monoisotopic (exact) mass is 286 g/mol. The SMILES string of the molecule is CCc1nn(C)cc1C(=O)Nc1cccc(CCCN)c1. The zero-order valence-electron chi connectivity index (χ0n) is 12.6. The van der Waals surface area contributed by atoms with Crippen molar-refractivity contribution in [1.82, 2.24) is 9.78 Å². The number of aromatic nitrogens is 2. The van der Waals surface area contributed by atoms with Crippen LogP contribution in [0.3, 0.4) is 0 Å². The second-order valence-corrected chi connectivity index (χ2v) is 5.06. The van der Waals surface area contributed by atoms with Crippen molar-refractivity contribution in [1.29, 1.82) is 0 Å². The molecule has 3 N–H and O–H groups in total. The maximum absolute atomic E-state index is 12.3. The molecule has 2 rings (SSSR count). The lowest BCUT2D eigenvalue weighted by Crippen LogP contribution is -2.13. The smallest absolute Gasteiger partial charge is 0.259 e. The van der Waals surface area contributed by atoms with Gasteiger partial charge < -0.3 is 11.1 Å². The quantitative estimate of drug-likeness (QED) is 0.854. The molecule has 0 bridgehead atoms. The molecular formula is C16H22N4O. The number of hydrogen-bond acceptors (Lipinski definition) is 3. The highest BCUT2D eigenvalue weighted by atomic mass is 16.1. The van der Waals surface area contributed by atoms with Crippen molar-refractivity contribution >= 4 is 11.6 Å². The molecule has 1 amide bonds. The molecule has 0 spiro atoms. The average molecular weight is 286 g/mol. The first-order valence-corrected chi connectivity index (χ1v) is 7.27. The molecule has 1 aromatic heterocycles. The predicted octanol–water partition coefficient (Wildman–Crippen LogP) is 2.13. The highest BCUT2D eigenvalue weighted by Gasteiger charge is 2.14. The Bertz CT molecular complexity index is 618. The topological polar surface area (TPSA) is 72.9 Å². The van der Waals surface area contributed by atoms with Gasteiger partial charge in [-0.2, -0.15) is 5.10 Å². The molecule has 0 unspecified atom stereocenters. The Labute approximate surface area is 125 Å². The van der Waals surface area contributed by atoms with Gasteiger partial charge in [0, 0.05) is 18.9 Å². The number of anilines is 1. The van der Waals surface area contributed by atoms with Gasteiger partial charge in [-0.05, 0) is 43.5 Å². The second kappa shape index (κ2) is 7.04. The summed E-state index contributed by atoms with van der Waals surface area (Å²) in [6, 6.07) is 7.89. The lowest BCUT2D eigenvalue weighted by atomic mass is 10.1. The molecule has 1 heterocycles. The summed E-state index contributed by atoms with van der Waals surface area (Å²) in [4.78, 5) is 12.3. The van der Waals surface area contributed by atoms with Gasteiger partial charge in [0.2, 0.25) is 0 Å². The van der Waals surface area contributed by atoms with Crippen molar-refractivity contribution in [2.45, 2.75) is 26.2 Å². The van der Waals surface area contributed by atoms with Gasteiger partial charge in [-0.25, -0.2) is 0 Å². The lowest BCUT2D eigenvalue weighted by Gasteiger charge is -2.07. The van der Waals surface area contributed by atoms with Gasteiger partial charge in [0.05, 0.1) is 11.3 Å². The maximum Gasteiger partial charge on any atom is 0.259 e. The van der Waals surface area contributed by atoms with Crippen LogP contribution in [-0.4, -0.2) is 22.2 Å². The molecule has 0 fully saturated rings. The highest BCUT2D eigenvalue weighted by Crippen LogP contribution is 2.15. The lowest BCUT2D eigenvalue weighted by molar-refractivity contribution is 0.102. The fraction of sp³-hybridized carbons (Fsp3) is 0.375. The Balaban J connectivity index is 2.11. The third-order valence-electron chi connectivity index (χ3n) is 3.34. The molecule has 2 aromatic rings. The van der Waals surface area contributed by atoms with Gasteiger partial charge in [-0.3, -0.25) is 9.48 Å². The van der Waals surface area contributed by atoms with E-state index >= 15 is 0 Å². The van der Waals surface area contributed by atoms with Gasteiger partial charge >= 0.3 is 0 Å². The van der Waals surface area contributed by atoms with Crippen LogP contribution in [0.4, 0.5) is 5.69 Å². The first-order valence-electron chi connectivity index (χ1n) is 7.27. The Morgan fingerprint density at radius 1 is 1.43 bits per heavy atom. The first kappa shape index (κ1) is 15.3. The summed E-state index contributed by atoms with van der Waals surface area (Å²) in [5, 5.41) is 7.23. The van der Waals surface area contributed by atoms with E-state index in [1.165, 1.54) is 5.56 Å². The van der Waals surface area contributed by atoms with Crippen LogP contribution in [0.2, 0.25) is 0 Å². The standard InChI is InChI=1S/C16H22N4O/c1-3-15-14(11-20(2)19-15)16(21)18-13-8-4-6-12(10-13)7-5-9-17/h4,6,8,10-11H,3,5,7,9,17H2,1-2H3,(H,18,21). The van der Waals surface area contributed by atoms with Gasteiger partial charge in [0.1, 0.15) is 0 Å². The number of aryl methyl sites for hydroxylation is 3. The number of rotatable bonds is 6. The number of hydrogen-bond donors (Lipinski definition) is 2. The number of benzene rings is 1. The summed E-state index contributed by atoms with van der Waals surface area (Å²) in [6.07, 6.45) is 4.36. The summed E-state index contributed by atoms with van der Waals surface area (Å²) < 4.78 is 1.67. The molecule has 5 nitrogen and oxygen atoms in total. The third kappa shape index (κ3) is 3.92. The Kier molecular flexibility index (Phi) is 5.11. The molecule has 1 aromatic carbocycles. The number of nitrogens with two attached hydrogens (primary N) is 1. The van der Waals surface area contributed by atoms with E-state index in [-0.39, 0.29) is 5.91 Å². The number of nitrogens with zero attached hydrogens (tertiary/aromatic N) is 2. The van der Waals surface area contributed by atoms with Gasteiger partial charge in [-0.15, -0.1) is 0 Å². The predicted molar refractivity (Wildman–Crippen MR) is 84.4 cm³/mol. The molecule has 0 saturated carbocycles. The van der Waals surface area contributed by atoms with Crippen LogP contribution in [-0.2, 0) is 19.9 Å². The molecular weight excluding hydrogens is 264 g/mol. The molecule has 0 saturated heterocycles. The summed E-state index contributed by atoms with van der Waals surface area (Å²) in [5.41, 5.74) is 8.96. The largest absolute Gasteiger partial charge is 0.330 e. The zero-order valence-corrected chi connectivity index (χ0v) is 12.6. The summed E-state index contributed by atoms with van der Waals surface area (Å²) in [6.45, 7) is 2.67. The van der Waals surface area contributed by atoms with Crippen LogP contribution in [0.5, 0.6) is 0 Å². The number of nitrogens with one attached hydrogen (secondary N) is 1. The van der Waals surface area contributed by atoms with E-state index in [2.05, 4.69) is 10.4 Å². The minimum Gasteiger partial charge on any atom is -0.330 e. The summed E-state index contributed by atoms with van der Waals surface area (Å²) in [5.74, 6) is -0.115. The van der Waals surface area contributed by atoms with Gasteiger partial charge in [0.25, 0.3) is 5.91 Å². The number of carbonyl (C=O) groups is 1. The van der Waals surface area contributed by atoms with Crippen molar-refractivity contribution in [3.05, 3.63) is 47.3 Å². The molecule has 0 aliphatic rings. The number of amides is 1. The third-order valence-corrected chi connectivity index (χ3v) is 3.34. The fourth-order valence-electron chi connectivity index (χ4n) is 2.29. The van der Waals surface area contributed by atoms with Crippen LogP contribution in [0, 0.1) is 0 Å². The molecule has 0 radical (unpaired) electrons. The van der Waals surface area contributed by atoms with E-state index in [9.17, 15) is 4.79 Å². The minimum atomic E-state index is -0.115. The average Bonchev–Trinajstić information content (AvgIpc) is 2.87. The maximum atomic E-state index is 12.3. The van der Waals surface area contributed by atoms with E-state index in [0.717, 1.165) is 30.6 Å². The molecule has 0 aliphatic heterocycles. The molecule has 112 valence electrons. The van der Waals surface area contributed by atoms with Crippen LogP contribution in [0.25, 0.3) is 0 Å². The van der Waals surface area contributed by atoms with Gasteiger partial charge in [-0.1, -0.05) is 19.1 Å². The van der Waals surface area contributed by atoms with Crippen molar-refractivity contribution in [2.24, 2.45) is 12.8 Å². The van der Waals surface area contributed by atoms with E-state index in [4.69, 9.17) is 5.73 Å². The van der Waals surface area contributed by atoms with Crippen LogP contribution >= 0.6 is 0 Å². The van der Waals surface area contributed by atoms with Crippen molar-refractivity contribution < 1.29 is 4.79 Å². The Morgan fingerprint density at radius 2 is 2.24 bits per heavy atom. The fourth-order valence-corrected chi connectivity index (χ4v) is 2.29. The van der Waals surface area contributed by atoms with E-state index in [0.29, 0.717) is 12.1 Å². The summed E-state index contributed by atoms with van der Waals surface area (Å²) in [7, 11) is 1.82. The zero-order chi connectivity index (χ0) is 15.2. The van der Waals surface area contributed by atoms with Crippen LogP contribution in [0.15, 0.2) is 30.5 Å². The normalized spacial score (nSPS) is 10.6. The van der Waals surface area contributed by atoms with Gasteiger partial charge in [0.15, 0.2) is 0 Å². The Morgan fingerprint density at radius 3 is 2.95 bits per heavy atom. The van der Waals surface area contributed by atoms with Crippen molar-refractivity contribution in [3.63, 3.8) is 0 Å². The Hall–Kier alpha value is -2.14. The highest BCUT2D eigenvalue weighted by molar-refractivity contribution is 6.04. The molecule has 21 heavy (non-hydrogen) atoms. The first-order chi connectivity index (χ1) is 10.1. The van der Waals surface area contributed by atoms with Crippen molar-refractivity contribution in [2.75, 3.05) is 11.9 Å². The van der Waals surface area contributed by atoms with E-state index in [1.807, 2.05) is 38.2 Å². The van der Waals surface area contributed by atoms with E-state index in [1.54, 1.807) is 10.9 Å². The second-order valence-electron chi connectivity index (χ2n) is 5.06. The van der Waals surface area contributed by atoms with Crippen molar-refractivity contribution in [3.8, 4) is 0 Å². The molecule has 0 aliphatic carbocycles. The van der Waals surface area contributed by atoms with E-state index < -0.39 is 0 Å². The molecule has 5 heteroatoms. The number of carbonyl (C=O) groups excluding carboxylic acids is 1. The van der Waals surface area contributed by atoms with Crippen LogP contribution in [0.1, 0.15) is 35.0 Å². The molecule has 0 atom stereocenters. The van der Waals surface area contributed by atoms with Crippen LogP contribution < -0.4 is 11.1 Å². The summed E-state index contributed by atoms with van der Waals surface area (Å²) >= 11 is 0.